The van der Waals surface area contributed by atoms with Crippen LogP contribution in [0.15, 0.2) is 53.6 Å². The number of pyridine rings is 1. The van der Waals surface area contributed by atoms with Crippen LogP contribution in [0.1, 0.15) is 72.2 Å². The van der Waals surface area contributed by atoms with Crippen LogP contribution in [0.2, 0.25) is 0 Å². The number of aromatic nitrogens is 5. The summed E-state index contributed by atoms with van der Waals surface area (Å²) >= 11 is 0. The van der Waals surface area contributed by atoms with Gasteiger partial charge in [0.05, 0.1) is 17.9 Å². The van der Waals surface area contributed by atoms with E-state index in [-0.39, 0.29) is 17.3 Å². The number of aryl methyl sites for hydroxylation is 2. The van der Waals surface area contributed by atoms with E-state index in [1.54, 1.807) is 12.1 Å². The van der Waals surface area contributed by atoms with E-state index in [1.165, 1.54) is 15.5 Å². The van der Waals surface area contributed by atoms with E-state index in [2.05, 4.69) is 15.1 Å². The Morgan fingerprint density at radius 1 is 1.07 bits per heavy atom. The molecule has 6 rings (SSSR count). The first kappa shape index (κ1) is 25.9. The molecule has 0 bridgehead atoms. The number of likely N-dealkylation sites (tertiary alicyclic amines) is 1. The van der Waals surface area contributed by atoms with E-state index in [4.69, 9.17) is 0 Å². The van der Waals surface area contributed by atoms with Gasteiger partial charge in [0.2, 0.25) is 5.88 Å². The van der Waals surface area contributed by atoms with Gasteiger partial charge in [0.15, 0.2) is 11.4 Å². The molecule has 9 nitrogen and oxygen atoms in total. The average molecular weight is 543 g/mol. The SMILES string of the molecule is CCc1cccc(CC)c1-n1c(-c2ccn(C3CC3)n2)nc(O)c(C(=O)N2CCC(c3ccc(F)cn3)C2)c1=O. The quantitative estimate of drug-likeness (QED) is 0.371. The van der Waals surface area contributed by atoms with E-state index in [0.717, 1.165) is 30.2 Å². The molecule has 1 aliphatic heterocycles. The Balaban J connectivity index is 1.47. The molecule has 3 aromatic heterocycles. The maximum absolute atomic E-state index is 14.3. The van der Waals surface area contributed by atoms with Crippen LogP contribution in [0.3, 0.4) is 0 Å². The third-order valence-electron chi connectivity index (χ3n) is 7.87. The molecule has 0 spiro atoms. The van der Waals surface area contributed by atoms with Gasteiger partial charge >= 0.3 is 0 Å². The maximum Gasteiger partial charge on any atom is 0.275 e. The number of rotatable bonds is 7. The number of amides is 1. The second-order valence-corrected chi connectivity index (χ2v) is 10.5. The van der Waals surface area contributed by atoms with Crippen LogP contribution in [0, 0.1) is 5.82 Å². The van der Waals surface area contributed by atoms with Crippen molar-refractivity contribution in [2.24, 2.45) is 0 Å². The highest BCUT2D eigenvalue weighted by atomic mass is 19.1. The lowest BCUT2D eigenvalue weighted by Crippen LogP contribution is -2.36. The predicted molar refractivity (Wildman–Crippen MR) is 147 cm³/mol. The summed E-state index contributed by atoms with van der Waals surface area (Å²) in [5.41, 5.74) is 2.67. The van der Waals surface area contributed by atoms with Gasteiger partial charge in [-0.15, -0.1) is 0 Å². The molecule has 10 heteroatoms. The Labute approximate surface area is 230 Å². The Morgan fingerprint density at radius 3 is 2.48 bits per heavy atom. The molecule has 1 unspecified atom stereocenters. The highest BCUT2D eigenvalue weighted by Crippen LogP contribution is 2.35. The number of benzene rings is 1. The van der Waals surface area contributed by atoms with Crippen LogP contribution in [0.5, 0.6) is 5.88 Å². The van der Waals surface area contributed by atoms with Crippen LogP contribution >= 0.6 is 0 Å². The summed E-state index contributed by atoms with van der Waals surface area (Å²) in [5.74, 6) is -1.52. The van der Waals surface area contributed by atoms with E-state index in [1.807, 2.05) is 42.9 Å². The van der Waals surface area contributed by atoms with Gasteiger partial charge in [-0.05, 0) is 61.4 Å². The molecule has 4 aromatic rings. The molecule has 1 saturated heterocycles. The Hall–Kier alpha value is -4.34. The third-order valence-corrected chi connectivity index (χ3v) is 7.87. The molecular weight excluding hydrogens is 511 g/mol. The molecule has 2 aliphatic rings. The zero-order valence-electron chi connectivity index (χ0n) is 22.5. The molecule has 1 amide bonds. The lowest BCUT2D eigenvalue weighted by Gasteiger charge is -2.21. The van der Waals surface area contributed by atoms with E-state index in [0.29, 0.717) is 55.5 Å². The van der Waals surface area contributed by atoms with Crippen molar-refractivity contribution in [2.45, 2.75) is 57.9 Å². The molecule has 4 heterocycles. The number of para-hydroxylation sites is 1. The number of aromatic hydroxyl groups is 1. The first-order valence-electron chi connectivity index (χ1n) is 13.8. The zero-order valence-corrected chi connectivity index (χ0v) is 22.5. The largest absolute Gasteiger partial charge is 0.493 e. The third kappa shape index (κ3) is 4.57. The minimum absolute atomic E-state index is 0.0972. The maximum atomic E-state index is 14.3. The van der Waals surface area contributed by atoms with Gasteiger partial charge in [0.1, 0.15) is 11.5 Å². The normalized spacial score (nSPS) is 17.0. The fourth-order valence-electron chi connectivity index (χ4n) is 5.55. The van der Waals surface area contributed by atoms with Crippen molar-refractivity contribution in [3.63, 3.8) is 0 Å². The predicted octanol–water partition coefficient (Wildman–Crippen LogP) is 4.43. The molecule has 206 valence electrons. The highest BCUT2D eigenvalue weighted by molar-refractivity contribution is 5.96. The van der Waals surface area contributed by atoms with Crippen molar-refractivity contribution < 1.29 is 14.3 Å². The minimum atomic E-state index is -0.632. The van der Waals surface area contributed by atoms with E-state index in [9.17, 15) is 19.1 Å². The second-order valence-electron chi connectivity index (χ2n) is 10.5. The topological polar surface area (TPSA) is 106 Å². The van der Waals surface area contributed by atoms with Gasteiger partial charge in [0.25, 0.3) is 11.5 Å². The van der Waals surface area contributed by atoms with Crippen LogP contribution < -0.4 is 5.56 Å². The average Bonchev–Trinajstić information content (AvgIpc) is 3.48. The first-order valence-corrected chi connectivity index (χ1v) is 13.8. The van der Waals surface area contributed by atoms with E-state index >= 15 is 0 Å². The van der Waals surface area contributed by atoms with Gasteiger partial charge in [-0.25, -0.2) is 4.39 Å². The lowest BCUT2D eigenvalue weighted by molar-refractivity contribution is 0.0784. The van der Waals surface area contributed by atoms with Crippen LogP contribution in [0.25, 0.3) is 17.2 Å². The Kier molecular flexibility index (Phi) is 6.69. The first-order chi connectivity index (χ1) is 19.4. The monoisotopic (exact) mass is 542 g/mol. The zero-order chi connectivity index (χ0) is 28.0. The smallest absolute Gasteiger partial charge is 0.275 e. The van der Waals surface area contributed by atoms with Gasteiger partial charge in [-0.1, -0.05) is 32.0 Å². The number of nitrogens with zero attached hydrogens (tertiary/aromatic N) is 6. The van der Waals surface area contributed by atoms with Crippen LogP contribution in [0.4, 0.5) is 4.39 Å². The standard InChI is InChI=1S/C30H31FN6O3/c1-3-18-6-5-7-19(4-2)26(18)37-27(24-13-15-36(34-24)22-9-10-22)33-28(38)25(30(37)40)29(39)35-14-12-20(17-35)23-11-8-21(31)16-32-23/h5-8,11,13,15-16,20,22,38H,3-4,9-10,12,14,17H2,1-2H3. The van der Waals surface area contributed by atoms with Gasteiger partial charge < -0.3 is 10.0 Å². The number of carbonyl (C=O) groups is 1. The molecule has 0 radical (unpaired) electrons. The summed E-state index contributed by atoms with van der Waals surface area (Å²) in [6, 6.07) is 11.0. The summed E-state index contributed by atoms with van der Waals surface area (Å²) in [6.07, 6.45) is 7.05. The van der Waals surface area contributed by atoms with Gasteiger partial charge in [-0.2, -0.15) is 10.1 Å². The molecule has 1 aromatic carbocycles. The van der Waals surface area contributed by atoms with Gasteiger partial charge in [-0.3, -0.25) is 23.8 Å². The van der Waals surface area contributed by atoms with Gasteiger partial charge in [0, 0.05) is 30.9 Å². The van der Waals surface area contributed by atoms with Crippen molar-refractivity contribution in [1.29, 1.82) is 0 Å². The number of hydrogen-bond donors (Lipinski definition) is 1. The number of halogens is 1. The Bertz CT molecular complexity index is 1620. The molecule has 40 heavy (non-hydrogen) atoms. The van der Waals surface area contributed by atoms with Crippen molar-refractivity contribution in [3.8, 4) is 23.1 Å². The summed E-state index contributed by atoms with van der Waals surface area (Å²) in [6.45, 7) is 4.70. The molecule has 1 saturated carbocycles. The molecule has 1 aliphatic carbocycles. The fourth-order valence-corrected chi connectivity index (χ4v) is 5.55. The second kappa shape index (κ2) is 10.3. The number of hydrogen-bond acceptors (Lipinski definition) is 6. The van der Waals surface area contributed by atoms with Crippen molar-refractivity contribution >= 4 is 5.91 Å². The summed E-state index contributed by atoms with van der Waals surface area (Å²) in [4.78, 5) is 38.2. The summed E-state index contributed by atoms with van der Waals surface area (Å²) in [5, 5.41) is 15.7. The van der Waals surface area contributed by atoms with E-state index < -0.39 is 23.2 Å². The van der Waals surface area contributed by atoms with Crippen LogP contribution in [-0.4, -0.2) is 53.3 Å². The number of carbonyl (C=O) groups excluding carboxylic acids is 1. The molecule has 1 N–H and O–H groups in total. The molecule has 1 atom stereocenters. The molecular formula is C30H31FN6O3. The van der Waals surface area contributed by atoms with Crippen molar-refractivity contribution in [3.05, 3.63) is 87.3 Å². The highest BCUT2D eigenvalue weighted by Gasteiger charge is 2.34. The minimum Gasteiger partial charge on any atom is -0.493 e. The lowest BCUT2D eigenvalue weighted by atomic mass is 10.0. The summed E-state index contributed by atoms with van der Waals surface area (Å²) < 4.78 is 16.7. The van der Waals surface area contributed by atoms with Crippen LogP contribution in [-0.2, 0) is 12.8 Å². The Morgan fingerprint density at radius 2 is 1.82 bits per heavy atom. The van der Waals surface area contributed by atoms with Crippen molar-refractivity contribution in [1.82, 2.24) is 29.2 Å². The molecule has 2 fully saturated rings. The summed E-state index contributed by atoms with van der Waals surface area (Å²) in [7, 11) is 0. The fraction of sp³-hybridized carbons (Fsp3) is 0.367. The van der Waals surface area contributed by atoms with Crippen molar-refractivity contribution in [2.75, 3.05) is 13.1 Å².